The summed E-state index contributed by atoms with van der Waals surface area (Å²) in [7, 11) is 0. The van der Waals surface area contributed by atoms with Gasteiger partial charge in [0.25, 0.3) is 0 Å². The van der Waals surface area contributed by atoms with E-state index < -0.39 is 11.6 Å². The van der Waals surface area contributed by atoms with Gasteiger partial charge in [-0.15, -0.1) is 0 Å². The molecule has 1 aliphatic rings. The van der Waals surface area contributed by atoms with Crippen LogP contribution in [0.1, 0.15) is 35.4 Å². The van der Waals surface area contributed by atoms with Gasteiger partial charge in [0.2, 0.25) is 0 Å². The maximum Gasteiger partial charge on any atom is 0.191 e. The molecule has 1 fully saturated rings. The number of ether oxygens (including phenoxy) is 1. The summed E-state index contributed by atoms with van der Waals surface area (Å²) < 4.78 is 33.4. The zero-order valence-electron chi connectivity index (χ0n) is 13.2. The molecule has 0 unspecified atom stereocenters. The van der Waals surface area contributed by atoms with Gasteiger partial charge in [-0.05, 0) is 61.5 Å². The minimum atomic E-state index is -0.660. The van der Waals surface area contributed by atoms with Crippen molar-refractivity contribution in [2.45, 2.75) is 32.3 Å². The van der Waals surface area contributed by atoms with Crippen molar-refractivity contribution in [3.8, 4) is 5.75 Å². The first-order chi connectivity index (χ1) is 11.2. The van der Waals surface area contributed by atoms with Gasteiger partial charge in [0, 0.05) is 0 Å². The van der Waals surface area contributed by atoms with Crippen LogP contribution in [-0.4, -0.2) is 13.1 Å². The number of aryl methyl sites for hydroxylation is 1. The van der Waals surface area contributed by atoms with E-state index in [0.717, 1.165) is 31.5 Å². The molecule has 2 nitrogen and oxygen atoms in total. The zero-order chi connectivity index (χ0) is 16.2. The highest BCUT2D eigenvalue weighted by Gasteiger charge is 2.19. The Kier molecular flexibility index (Phi) is 4.91. The molecule has 0 saturated carbocycles. The van der Waals surface area contributed by atoms with Crippen LogP contribution in [0.2, 0.25) is 0 Å². The average molecular weight is 317 g/mol. The standard InChI is InChI=1S/C19H21F2NO/c1-13-6-7-17(20)19(18(13)21)23-12-15-4-2-3-5-16(15)14-8-10-22-11-9-14/h2-7,14,22H,8-12H2,1H3. The molecule has 23 heavy (non-hydrogen) atoms. The highest BCUT2D eigenvalue weighted by atomic mass is 19.1. The lowest BCUT2D eigenvalue weighted by molar-refractivity contribution is 0.271. The summed E-state index contributed by atoms with van der Waals surface area (Å²) in [5, 5.41) is 3.35. The second kappa shape index (κ2) is 7.09. The fourth-order valence-corrected chi connectivity index (χ4v) is 3.11. The monoisotopic (exact) mass is 317 g/mol. The predicted octanol–water partition coefficient (Wildman–Crippen LogP) is 4.32. The van der Waals surface area contributed by atoms with Crippen molar-refractivity contribution in [3.05, 3.63) is 64.7 Å². The maximum atomic E-state index is 14.0. The molecule has 122 valence electrons. The highest BCUT2D eigenvalue weighted by molar-refractivity contribution is 5.34. The van der Waals surface area contributed by atoms with Gasteiger partial charge < -0.3 is 10.1 Å². The number of hydrogen-bond donors (Lipinski definition) is 1. The molecule has 1 saturated heterocycles. The molecule has 4 heteroatoms. The zero-order valence-corrected chi connectivity index (χ0v) is 13.2. The smallest absolute Gasteiger partial charge is 0.191 e. The SMILES string of the molecule is Cc1ccc(F)c(OCc2ccccc2C2CCNCC2)c1F. The fourth-order valence-electron chi connectivity index (χ4n) is 3.11. The van der Waals surface area contributed by atoms with Crippen molar-refractivity contribution < 1.29 is 13.5 Å². The number of halogens is 2. The molecule has 0 radical (unpaired) electrons. The lowest BCUT2D eigenvalue weighted by Crippen LogP contribution is -2.27. The molecule has 1 N–H and O–H groups in total. The van der Waals surface area contributed by atoms with E-state index in [1.807, 2.05) is 18.2 Å². The Morgan fingerprint density at radius 1 is 1.09 bits per heavy atom. The Morgan fingerprint density at radius 3 is 2.61 bits per heavy atom. The first kappa shape index (κ1) is 15.9. The molecule has 0 atom stereocenters. The molecule has 2 aromatic rings. The topological polar surface area (TPSA) is 21.3 Å². The van der Waals surface area contributed by atoms with E-state index in [1.54, 1.807) is 6.92 Å². The Bertz CT molecular complexity index is 681. The van der Waals surface area contributed by atoms with E-state index in [2.05, 4.69) is 11.4 Å². The average Bonchev–Trinajstić information content (AvgIpc) is 2.59. The fraction of sp³-hybridized carbons (Fsp3) is 0.368. The highest BCUT2D eigenvalue weighted by Crippen LogP contribution is 2.30. The summed E-state index contributed by atoms with van der Waals surface area (Å²) in [4.78, 5) is 0. The third kappa shape index (κ3) is 3.53. The van der Waals surface area contributed by atoms with Crippen LogP contribution >= 0.6 is 0 Å². The van der Waals surface area contributed by atoms with Gasteiger partial charge in [-0.2, -0.15) is 0 Å². The van der Waals surface area contributed by atoms with Crippen LogP contribution in [0.3, 0.4) is 0 Å². The van der Waals surface area contributed by atoms with Gasteiger partial charge >= 0.3 is 0 Å². The van der Waals surface area contributed by atoms with E-state index in [-0.39, 0.29) is 12.4 Å². The maximum absolute atomic E-state index is 14.0. The van der Waals surface area contributed by atoms with Crippen LogP contribution in [0.5, 0.6) is 5.75 Å². The van der Waals surface area contributed by atoms with Crippen molar-refractivity contribution in [2.24, 2.45) is 0 Å². The van der Waals surface area contributed by atoms with Crippen molar-refractivity contribution in [2.75, 3.05) is 13.1 Å². The van der Waals surface area contributed by atoms with E-state index in [1.165, 1.54) is 17.7 Å². The van der Waals surface area contributed by atoms with Gasteiger partial charge in [-0.1, -0.05) is 30.3 Å². The number of piperidine rings is 1. The van der Waals surface area contributed by atoms with Crippen LogP contribution in [0.15, 0.2) is 36.4 Å². The lowest BCUT2D eigenvalue weighted by atomic mass is 9.87. The second-order valence-corrected chi connectivity index (χ2v) is 6.02. The van der Waals surface area contributed by atoms with Crippen molar-refractivity contribution in [3.63, 3.8) is 0 Å². The summed E-state index contributed by atoms with van der Waals surface area (Å²) in [6, 6.07) is 10.7. The van der Waals surface area contributed by atoms with Gasteiger partial charge in [0.15, 0.2) is 17.4 Å². The van der Waals surface area contributed by atoms with Crippen LogP contribution in [0, 0.1) is 18.6 Å². The molecule has 0 spiro atoms. The third-order valence-corrected chi connectivity index (χ3v) is 4.45. The Morgan fingerprint density at radius 2 is 1.83 bits per heavy atom. The van der Waals surface area contributed by atoms with Gasteiger partial charge in [-0.3, -0.25) is 0 Å². The quantitative estimate of drug-likeness (QED) is 0.907. The third-order valence-electron chi connectivity index (χ3n) is 4.45. The Labute approximate surface area is 135 Å². The van der Waals surface area contributed by atoms with Crippen molar-refractivity contribution in [1.82, 2.24) is 5.32 Å². The minimum absolute atomic E-state index is 0.178. The van der Waals surface area contributed by atoms with Crippen molar-refractivity contribution >= 4 is 0 Å². The largest absolute Gasteiger partial charge is 0.483 e. The molecule has 3 rings (SSSR count). The van der Waals surface area contributed by atoms with Crippen molar-refractivity contribution in [1.29, 1.82) is 0 Å². The molecule has 1 heterocycles. The summed E-state index contributed by atoms with van der Waals surface area (Å²) in [6.07, 6.45) is 2.15. The molecule has 0 aromatic heterocycles. The first-order valence-electron chi connectivity index (χ1n) is 8.02. The predicted molar refractivity (Wildman–Crippen MR) is 86.7 cm³/mol. The molecule has 0 bridgehead atoms. The molecular formula is C19H21F2NO. The number of hydrogen-bond acceptors (Lipinski definition) is 2. The van der Waals surface area contributed by atoms with Crippen LogP contribution in [0.25, 0.3) is 0 Å². The Hall–Kier alpha value is -1.94. The van der Waals surface area contributed by atoms with Crippen LogP contribution in [0.4, 0.5) is 8.78 Å². The molecular weight excluding hydrogens is 296 g/mol. The Balaban J connectivity index is 1.80. The van der Waals surface area contributed by atoms with E-state index in [4.69, 9.17) is 4.74 Å². The normalized spacial score (nSPS) is 15.6. The summed E-state index contributed by atoms with van der Waals surface area (Å²) >= 11 is 0. The van der Waals surface area contributed by atoms with Gasteiger partial charge in [0.1, 0.15) is 6.61 Å². The number of nitrogens with one attached hydrogen (secondary N) is 1. The van der Waals surface area contributed by atoms with Crippen LogP contribution in [-0.2, 0) is 6.61 Å². The molecule has 2 aromatic carbocycles. The molecule has 0 amide bonds. The minimum Gasteiger partial charge on any atom is -0.483 e. The van der Waals surface area contributed by atoms with E-state index >= 15 is 0 Å². The lowest BCUT2D eigenvalue weighted by Gasteiger charge is -2.25. The van der Waals surface area contributed by atoms with Crippen LogP contribution < -0.4 is 10.1 Å². The second-order valence-electron chi connectivity index (χ2n) is 6.02. The molecule has 1 aliphatic heterocycles. The van der Waals surface area contributed by atoms with Gasteiger partial charge in [-0.25, -0.2) is 8.78 Å². The summed E-state index contributed by atoms with van der Waals surface area (Å²) in [6.45, 7) is 3.78. The first-order valence-corrected chi connectivity index (χ1v) is 8.02. The molecule has 0 aliphatic carbocycles. The van der Waals surface area contributed by atoms with E-state index in [0.29, 0.717) is 11.5 Å². The summed E-state index contributed by atoms with van der Waals surface area (Å²) in [5.74, 6) is -1.09. The van der Waals surface area contributed by atoms with Gasteiger partial charge in [0.05, 0.1) is 0 Å². The van der Waals surface area contributed by atoms with E-state index in [9.17, 15) is 8.78 Å². The number of rotatable bonds is 4. The summed E-state index contributed by atoms with van der Waals surface area (Å²) in [5.41, 5.74) is 2.61. The number of benzene rings is 2.